The lowest BCUT2D eigenvalue weighted by Gasteiger charge is -2.31. The molecule has 2 aromatic rings. The number of fused-ring (bicyclic) bond motifs is 1. The molecule has 6 nitrogen and oxygen atoms in total. The van der Waals surface area contributed by atoms with Crippen molar-refractivity contribution in [3.63, 3.8) is 0 Å². The Bertz CT molecular complexity index is 1250. The zero-order chi connectivity index (χ0) is 29.8. The van der Waals surface area contributed by atoms with E-state index in [1.807, 2.05) is 0 Å². The van der Waals surface area contributed by atoms with Gasteiger partial charge in [-0.1, -0.05) is 12.1 Å². The molecule has 2 fully saturated rings. The van der Waals surface area contributed by atoms with Gasteiger partial charge in [0.15, 0.2) is 0 Å². The SMILES string of the molecule is C[C@@H](O[C@H]1CN2C(=O)CC(NC(=O)C(C)(C)N)[C@H]2[C@@H]1c1ccc(F)cc1)c1cc(C(F)(F)F)cc(C(F)(F)F)c1.Cl. The molecule has 5 atom stereocenters. The maximum Gasteiger partial charge on any atom is 0.416 e. The summed E-state index contributed by atoms with van der Waals surface area (Å²) in [5.74, 6) is -2.07. The van der Waals surface area contributed by atoms with Crippen LogP contribution in [0.1, 0.15) is 61.5 Å². The molecule has 2 aliphatic heterocycles. The molecule has 2 amide bonds. The summed E-state index contributed by atoms with van der Waals surface area (Å²) in [7, 11) is 0. The zero-order valence-corrected chi connectivity index (χ0v) is 23.0. The van der Waals surface area contributed by atoms with Crippen LogP contribution in [0.15, 0.2) is 42.5 Å². The monoisotopic (exact) mass is 611 g/mol. The number of amides is 2. The van der Waals surface area contributed by atoms with Gasteiger partial charge in [0.2, 0.25) is 11.8 Å². The molecule has 3 N–H and O–H groups in total. The van der Waals surface area contributed by atoms with E-state index in [0.717, 1.165) is 0 Å². The summed E-state index contributed by atoms with van der Waals surface area (Å²) < 4.78 is 100. The van der Waals surface area contributed by atoms with Gasteiger partial charge in [0.1, 0.15) is 5.82 Å². The summed E-state index contributed by atoms with van der Waals surface area (Å²) in [4.78, 5) is 27.0. The minimum Gasteiger partial charge on any atom is -0.368 e. The van der Waals surface area contributed by atoms with Gasteiger partial charge in [-0.25, -0.2) is 4.39 Å². The van der Waals surface area contributed by atoms with Crippen molar-refractivity contribution in [1.82, 2.24) is 10.2 Å². The number of alkyl halides is 6. The van der Waals surface area contributed by atoms with Gasteiger partial charge in [-0.05, 0) is 62.2 Å². The topological polar surface area (TPSA) is 84.7 Å². The van der Waals surface area contributed by atoms with Gasteiger partial charge in [-0.3, -0.25) is 9.59 Å². The maximum atomic E-state index is 13.7. The average Bonchev–Trinajstić information content (AvgIpc) is 3.34. The van der Waals surface area contributed by atoms with E-state index in [0.29, 0.717) is 17.7 Å². The third-order valence-corrected chi connectivity index (χ3v) is 7.25. The van der Waals surface area contributed by atoms with Crippen LogP contribution >= 0.6 is 12.4 Å². The summed E-state index contributed by atoms with van der Waals surface area (Å²) in [5, 5.41) is 2.78. The fraction of sp³-hybridized carbons (Fsp3) is 0.481. The fourth-order valence-electron chi connectivity index (χ4n) is 5.27. The van der Waals surface area contributed by atoms with Crippen LogP contribution in [0, 0.1) is 5.82 Å². The quantitative estimate of drug-likeness (QED) is 0.432. The first-order valence-electron chi connectivity index (χ1n) is 12.5. The minimum absolute atomic E-state index is 0. The fourth-order valence-corrected chi connectivity index (χ4v) is 5.27. The van der Waals surface area contributed by atoms with Crippen molar-refractivity contribution < 1.29 is 45.1 Å². The lowest BCUT2D eigenvalue weighted by Crippen LogP contribution is -2.55. The molecule has 0 aliphatic carbocycles. The third kappa shape index (κ3) is 6.95. The second-order valence-corrected chi connectivity index (χ2v) is 10.8. The number of rotatable bonds is 6. The van der Waals surface area contributed by atoms with Gasteiger partial charge in [-0.15, -0.1) is 12.4 Å². The molecule has 2 aliphatic rings. The smallest absolute Gasteiger partial charge is 0.368 e. The highest BCUT2D eigenvalue weighted by molar-refractivity contribution is 5.88. The number of carbonyl (C=O) groups excluding carboxylic acids is 2. The van der Waals surface area contributed by atoms with Crippen molar-refractivity contribution in [2.75, 3.05) is 6.54 Å². The molecule has 226 valence electrons. The molecule has 0 radical (unpaired) electrons. The van der Waals surface area contributed by atoms with Gasteiger partial charge in [0.05, 0.1) is 41.0 Å². The highest BCUT2D eigenvalue weighted by Gasteiger charge is 2.54. The van der Waals surface area contributed by atoms with Crippen LogP contribution in [0.25, 0.3) is 0 Å². The van der Waals surface area contributed by atoms with Crippen molar-refractivity contribution in [2.45, 2.75) is 75.3 Å². The molecule has 2 heterocycles. The van der Waals surface area contributed by atoms with E-state index in [4.69, 9.17) is 10.5 Å². The van der Waals surface area contributed by atoms with Gasteiger partial charge >= 0.3 is 12.4 Å². The number of hydrogen-bond donors (Lipinski definition) is 2. The molecule has 1 unspecified atom stereocenters. The second-order valence-electron chi connectivity index (χ2n) is 10.8. The van der Waals surface area contributed by atoms with Gasteiger partial charge in [-0.2, -0.15) is 26.3 Å². The van der Waals surface area contributed by atoms with Crippen molar-refractivity contribution in [2.24, 2.45) is 5.73 Å². The Morgan fingerprint density at radius 2 is 1.56 bits per heavy atom. The van der Waals surface area contributed by atoms with E-state index in [2.05, 4.69) is 5.32 Å². The van der Waals surface area contributed by atoms with Crippen LogP contribution < -0.4 is 11.1 Å². The Labute approximate surface area is 237 Å². The number of benzene rings is 2. The molecule has 0 bridgehead atoms. The average molecular weight is 612 g/mol. The predicted octanol–water partition coefficient (Wildman–Crippen LogP) is 5.35. The molecule has 0 aromatic heterocycles. The Hall–Kier alpha value is -2.90. The number of nitrogens with two attached hydrogens (primary N) is 1. The van der Waals surface area contributed by atoms with Crippen LogP contribution in [0.5, 0.6) is 0 Å². The number of halogens is 8. The first-order chi connectivity index (χ1) is 18.4. The van der Waals surface area contributed by atoms with Gasteiger partial charge in [0.25, 0.3) is 0 Å². The summed E-state index contributed by atoms with van der Waals surface area (Å²) in [6.45, 7) is 4.25. The number of nitrogens with zero attached hydrogens (tertiary/aromatic N) is 1. The molecule has 4 rings (SSSR count). The van der Waals surface area contributed by atoms with E-state index in [-0.39, 0.29) is 42.9 Å². The zero-order valence-electron chi connectivity index (χ0n) is 22.1. The van der Waals surface area contributed by atoms with Crippen LogP contribution in [0.2, 0.25) is 0 Å². The van der Waals surface area contributed by atoms with Crippen LogP contribution in [-0.2, 0) is 26.7 Å². The van der Waals surface area contributed by atoms with Crippen molar-refractivity contribution in [3.05, 3.63) is 70.5 Å². The number of carbonyl (C=O) groups is 2. The highest BCUT2D eigenvalue weighted by atomic mass is 35.5. The Morgan fingerprint density at radius 1 is 1.02 bits per heavy atom. The normalized spacial score (nSPS) is 23.7. The first kappa shape index (κ1) is 32.6. The lowest BCUT2D eigenvalue weighted by molar-refractivity contribution is -0.143. The molecular weight excluding hydrogens is 583 g/mol. The molecule has 14 heteroatoms. The largest absolute Gasteiger partial charge is 0.416 e. The molecule has 2 saturated heterocycles. The van der Waals surface area contributed by atoms with Crippen LogP contribution in [0.3, 0.4) is 0 Å². The van der Waals surface area contributed by atoms with E-state index >= 15 is 0 Å². The van der Waals surface area contributed by atoms with Crippen molar-refractivity contribution >= 4 is 24.2 Å². The van der Waals surface area contributed by atoms with Crippen LogP contribution in [-0.4, -0.2) is 47.0 Å². The molecule has 0 saturated carbocycles. The van der Waals surface area contributed by atoms with Crippen molar-refractivity contribution in [3.8, 4) is 0 Å². The van der Waals surface area contributed by atoms with Gasteiger partial charge < -0.3 is 20.7 Å². The first-order valence-corrected chi connectivity index (χ1v) is 12.5. The number of ether oxygens (including phenoxy) is 1. The molecule has 41 heavy (non-hydrogen) atoms. The number of nitrogens with one attached hydrogen (secondary N) is 1. The van der Waals surface area contributed by atoms with E-state index < -0.39 is 71.0 Å². The summed E-state index contributed by atoms with van der Waals surface area (Å²) in [5.41, 5.74) is 1.86. The number of hydrogen-bond acceptors (Lipinski definition) is 4. The van der Waals surface area contributed by atoms with E-state index in [1.54, 1.807) is 0 Å². The predicted molar refractivity (Wildman–Crippen MR) is 136 cm³/mol. The van der Waals surface area contributed by atoms with E-state index in [9.17, 15) is 40.3 Å². The standard InChI is InChI=1S/C27H28F7N3O3.ClH/c1-13(15-8-16(26(29,30)31)10-17(9-15)27(32,33)34)40-20-12-37-21(38)11-19(36-24(39)25(2,3)35)23(37)22(20)14-4-6-18(28)7-5-14;/h4-10,13,19-20,22-23H,11-12,35H2,1-3H3,(H,36,39);1H/t13-,19?,20+,22-,23+;/m1./s1. The molecule has 0 spiro atoms. The summed E-state index contributed by atoms with van der Waals surface area (Å²) in [6, 6.07) is 5.15. The Morgan fingerprint density at radius 3 is 2.05 bits per heavy atom. The lowest BCUT2D eigenvalue weighted by atomic mass is 9.85. The van der Waals surface area contributed by atoms with Gasteiger partial charge in [0, 0.05) is 18.9 Å². The summed E-state index contributed by atoms with van der Waals surface area (Å²) in [6.07, 6.45) is -12.3. The van der Waals surface area contributed by atoms with E-state index in [1.165, 1.54) is 49.9 Å². The molecular formula is C27H29ClF7N3O3. The maximum absolute atomic E-state index is 13.7. The summed E-state index contributed by atoms with van der Waals surface area (Å²) >= 11 is 0. The Balaban J connectivity index is 0.00000462. The van der Waals surface area contributed by atoms with Crippen molar-refractivity contribution in [1.29, 1.82) is 0 Å². The second kappa shape index (κ2) is 11.4. The molecule has 2 aromatic carbocycles. The Kier molecular flexibility index (Phi) is 9.07. The van der Waals surface area contributed by atoms with Crippen LogP contribution in [0.4, 0.5) is 30.7 Å². The minimum atomic E-state index is -5.03. The highest BCUT2D eigenvalue weighted by Crippen LogP contribution is 2.44. The third-order valence-electron chi connectivity index (χ3n) is 7.25.